The molecule has 0 bridgehead atoms. The first-order valence-corrected chi connectivity index (χ1v) is 6.67. The van der Waals surface area contributed by atoms with E-state index in [9.17, 15) is 23.1 Å². The minimum atomic E-state index is -4.55. The first kappa shape index (κ1) is 15.0. The van der Waals surface area contributed by atoms with Crippen molar-refractivity contribution in [1.82, 2.24) is 4.98 Å². The predicted octanol–water partition coefficient (Wildman–Crippen LogP) is 4.62. The maximum atomic E-state index is 13.2. The number of nitrogens with zero attached hydrogens (tertiary/aromatic N) is 1. The van der Waals surface area contributed by atoms with E-state index >= 15 is 0 Å². The molecular weight excluding hydrogens is 307 g/mol. The molecule has 1 aromatic heterocycles. The molecule has 0 aliphatic carbocycles. The second kappa shape index (κ2) is 5.39. The zero-order chi connectivity index (χ0) is 16.6. The van der Waals surface area contributed by atoms with Gasteiger partial charge in [-0.25, -0.2) is 4.79 Å². The van der Waals surface area contributed by atoms with E-state index in [4.69, 9.17) is 0 Å². The predicted molar refractivity (Wildman–Crippen MR) is 79.1 cm³/mol. The SMILES string of the molecule is O=C(O)c1ccc(-c2ncccc2C(F)(F)F)c2ccccc12. The number of benzene rings is 2. The summed E-state index contributed by atoms with van der Waals surface area (Å²) in [6, 6.07) is 11.3. The lowest BCUT2D eigenvalue weighted by molar-refractivity contribution is -0.137. The third-order valence-electron chi connectivity index (χ3n) is 3.52. The molecule has 0 fully saturated rings. The van der Waals surface area contributed by atoms with E-state index < -0.39 is 17.7 Å². The minimum absolute atomic E-state index is 0.0360. The Morgan fingerprint density at radius 1 is 0.957 bits per heavy atom. The Bertz CT molecular complexity index is 904. The van der Waals surface area contributed by atoms with Gasteiger partial charge in [-0.05, 0) is 29.0 Å². The van der Waals surface area contributed by atoms with Gasteiger partial charge in [-0.1, -0.05) is 30.3 Å². The number of rotatable bonds is 2. The average molecular weight is 317 g/mol. The lowest BCUT2D eigenvalue weighted by Gasteiger charge is -2.14. The summed E-state index contributed by atoms with van der Waals surface area (Å²) in [5.41, 5.74) is -0.784. The van der Waals surface area contributed by atoms with Gasteiger partial charge in [0, 0.05) is 11.8 Å². The van der Waals surface area contributed by atoms with Gasteiger partial charge in [-0.2, -0.15) is 13.2 Å². The summed E-state index contributed by atoms with van der Waals surface area (Å²) in [6.07, 6.45) is -3.26. The second-order valence-corrected chi connectivity index (χ2v) is 4.91. The summed E-state index contributed by atoms with van der Waals surface area (Å²) >= 11 is 0. The maximum Gasteiger partial charge on any atom is 0.418 e. The van der Waals surface area contributed by atoms with Crippen LogP contribution in [0.25, 0.3) is 22.0 Å². The lowest BCUT2D eigenvalue weighted by Crippen LogP contribution is -2.08. The third kappa shape index (κ3) is 2.63. The van der Waals surface area contributed by atoms with Crippen molar-refractivity contribution in [2.24, 2.45) is 0 Å². The van der Waals surface area contributed by atoms with Crippen molar-refractivity contribution in [3.05, 3.63) is 65.9 Å². The molecule has 0 radical (unpaired) electrons. The molecule has 0 saturated carbocycles. The molecule has 0 amide bonds. The van der Waals surface area contributed by atoms with Crippen LogP contribution in [-0.2, 0) is 6.18 Å². The Balaban J connectivity index is 2.36. The fraction of sp³-hybridized carbons (Fsp3) is 0.0588. The Kier molecular flexibility index (Phi) is 3.52. The van der Waals surface area contributed by atoms with Gasteiger partial charge in [0.05, 0.1) is 16.8 Å². The summed E-state index contributed by atoms with van der Waals surface area (Å²) < 4.78 is 39.6. The lowest BCUT2D eigenvalue weighted by atomic mass is 9.95. The second-order valence-electron chi connectivity index (χ2n) is 4.91. The number of halogens is 3. The molecule has 2 aromatic carbocycles. The van der Waals surface area contributed by atoms with Gasteiger partial charge in [-0.15, -0.1) is 0 Å². The van der Waals surface area contributed by atoms with E-state index in [-0.39, 0.29) is 16.8 Å². The normalized spacial score (nSPS) is 11.6. The van der Waals surface area contributed by atoms with Crippen molar-refractivity contribution in [2.75, 3.05) is 0 Å². The van der Waals surface area contributed by atoms with Crippen LogP contribution in [0.3, 0.4) is 0 Å². The molecule has 0 aliphatic rings. The van der Waals surface area contributed by atoms with Gasteiger partial charge in [0.2, 0.25) is 0 Å². The molecule has 0 unspecified atom stereocenters. The molecule has 3 aromatic rings. The van der Waals surface area contributed by atoms with E-state index in [2.05, 4.69) is 4.98 Å². The topological polar surface area (TPSA) is 50.2 Å². The highest BCUT2D eigenvalue weighted by atomic mass is 19.4. The van der Waals surface area contributed by atoms with Gasteiger partial charge in [0.25, 0.3) is 0 Å². The van der Waals surface area contributed by atoms with E-state index in [1.165, 1.54) is 24.4 Å². The Hall–Kier alpha value is -2.89. The highest BCUT2D eigenvalue weighted by molar-refractivity contribution is 6.08. The van der Waals surface area contributed by atoms with E-state index in [1.807, 2.05) is 0 Å². The summed E-state index contributed by atoms with van der Waals surface area (Å²) in [4.78, 5) is 15.2. The number of aromatic nitrogens is 1. The van der Waals surface area contributed by atoms with Crippen LogP contribution in [0.2, 0.25) is 0 Å². The van der Waals surface area contributed by atoms with Crippen LogP contribution in [0.5, 0.6) is 0 Å². The third-order valence-corrected chi connectivity index (χ3v) is 3.52. The quantitative estimate of drug-likeness (QED) is 0.750. The number of carboxylic acids is 1. The molecule has 1 heterocycles. The number of pyridine rings is 1. The molecule has 3 rings (SSSR count). The van der Waals surface area contributed by atoms with Crippen molar-refractivity contribution in [2.45, 2.75) is 6.18 Å². The van der Waals surface area contributed by atoms with E-state index in [0.717, 1.165) is 6.07 Å². The summed E-state index contributed by atoms with van der Waals surface area (Å²) in [6.45, 7) is 0. The van der Waals surface area contributed by atoms with Gasteiger partial charge in [0.1, 0.15) is 0 Å². The van der Waals surface area contributed by atoms with Gasteiger partial charge >= 0.3 is 12.1 Å². The standard InChI is InChI=1S/C17H10F3NO2/c18-17(19,20)14-6-3-9-21-15(14)12-7-8-13(16(22)23)11-5-2-1-4-10(11)12/h1-9H,(H,22,23). The summed E-state index contributed by atoms with van der Waals surface area (Å²) in [5.74, 6) is -1.13. The van der Waals surface area contributed by atoms with Crippen LogP contribution in [0.1, 0.15) is 15.9 Å². The number of fused-ring (bicyclic) bond motifs is 1. The van der Waals surface area contributed by atoms with Crippen LogP contribution < -0.4 is 0 Å². The van der Waals surface area contributed by atoms with Crippen LogP contribution in [0, 0.1) is 0 Å². The van der Waals surface area contributed by atoms with Crippen molar-refractivity contribution in [3.8, 4) is 11.3 Å². The Morgan fingerprint density at radius 2 is 1.65 bits per heavy atom. The number of hydrogen-bond donors (Lipinski definition) is 1. The molecule has 0 spiro atoms. The van der Waals surface area contributed by atoms with Crippen LogP contribution >= 0.6 is 0 Å². The van der Waals surface area contributed by atoms with Crippen LogP contribution in [0.4, 0.5) is 13.2 Å². The fourth-order valence-electron chi connectivity index (χ4n) is 2.54. The Morgan fingerprint density at radius 3 is 2.30 bits per heavy atom. The van der Waals surface area contributed by atoms with Gasteiger partial charge < -0.3 is 5.11 Å². The monoisotopic (exact) mass is 317 g/mol. The van der Waals surface area contributed by atoms with Crippen molar-refractivity contribution in [1.29, 1.82) is 0 Å². The zero-order valence-electron chi connectivity index (χ0n) is 11.6. The number of carbonyl (C=O) groups is 1. The van der Waals surface area contributed by atoms with Crippen molar-refractivity contribution < 1.29 is 23.1 Å². The number of carboxylic acid groups (broad SMARTS) is 1. The average Bonchev–Trinajstić information content (AvgIpc) is 2.53. The number of aromatic carboxylic acids is 1. The fourth-order valence-corrected chi connectivity index (χ4v) is 2.54. The molecule has 1 N–H and O–H groups in total. The largest absolute Gasteiger partial charge is 0.478 e. The molecule has 23 heavy (non-hydrogen) atoms. The van der Waals surface area contributed by atoms with Crippen molar-refractivity contribution >= 4 is 16.7 Å². The number of alkyl halides is 3. The smallest absolute Gasteiger partial charge is 0.418 e. The Labute approximate surface area is 129 Å². The molecule has 6 heteroatoms. The van der Waals surface area contributed by atoms with Crippen LogP contribution in [0.15, 0.2) is 54.7 Å². The van der Waals surface area contributed by atoms with Crippen LogP contribution in [-0.4, -0.2) is 16.1 Å². The summed E-state index contributed by atoms with van der Waals surface area (Å²) in [7, 11) is 0. The first-order valence-electron chi connectivity index (χ1n) is 6.67. The van der Waals surface area contributed by atoms with E-state index in [0.29, 0.717) is 10.8 Å². The molecule has 116 valence electrons. The van der Waals surface area contributed by atoms with Gasteiger partial charge in [-0.3, -0.25) is 4.98 Å². The zero-order valence-corrected chi connectivity index (χ0v) is 11.6. The van der Waals surface area contributed by atoms with Crippen molar-refractivity contribution in [3.63, 3.8) is 0 Å². The first-order chi connectivity index (χ1) is 10.9. The minimum Gasteiger partial charge on any atom is -0.478 e. The molecule has 0 saturated heterocycles. The van der Waals surface area contributed by atoms with Gasteiger partial charge in [0.15, 0.2) is 0 Å². The molecule has 0 atom stereocenters. The summed E-state index contributed by atoms with van der Waals surface area (Å²) in [5, 5.41) is 10.0. The highest BCUT2D eigenvalue weighted by Crippen LogP contribution is 2.38. The maximum absolute atomic E-state index is 13.2. The molecular formula is C17H10F3NO2. The molecule has 3 nitrogen and oxygen atoms in total. The number of hydrogen-bond acceptors (Lipinski definition) is 2. The van der Waals surface area contributed by atoms with E-state index in [1.54, 1.807) is 24.3 Å². The molecule has 0 aliphatic heterocycles. The highest BCUT2D eigenvalue weighted by Gasteiger charge is 2.34.